The summed E-state index contributed by atoms with van der Waals surface area (Å²) in [4.78, 5) is 84.8. The number of sulfone groups is 1. The maximum absolute atomic E-state index is 13.5. The number of fused-ring (bicyclic) bond motifs is 8. The lowest BCUT2D eigenvalue weighted by Gasteiger charge is -2.30. The molecule has 121 heavy (non-hydrogen) atoms. The lowest BCUT2D eigenvalue weighted by molar-refractivity contribution is 0.149. The van der Waals surface area contributed by atoms with Crippen molar-refractivity contribution in [1.29, 1.82) is 0 Å². The molecule has 0 aromatic carbocycles. The number of nitrogens with zero attached hydrogens (tertiary/aromatic N) is 15. The smallest absolute Gasteiger partial charge is 0.312 e. The van der Waals surface area contributed by atoms with E-state index in [1.54, 1.807) is 35.0 Å². The van der Waals surface area contributed by atoms with Gasteiger partial charge in [0.05, 0.1) is 24.3 Å². The molecule has 660 valence electrons. The second kappa shape index (κ2) is 36.7. The highest BCUT2D eigenvalue weighted by Crippen LogP contribution is 2.59. The van der Waals surface area contributed by atoms with Crippen molar-refractivity contribution in [2.45, 2.75) is 186 Å². The summed E-state index contributed by atoms with van der Waals surface area (Å²) in [6, 6.07) is 12.1. The first-order chi connectivity index (χ1) is 57.2. The zero-order valence-electron chi connectivity index (χ0n) is 67.0. The van der Waals surface area contributed by atoms with Gasteiger partial charge in [0.15, 0.2) is 5.16 Å². The van der Waals surface area contributed by atoms with Gasteiger partial charge in [0.25, 0.3) is 28.7 Å². The van der Waals surface area contributed by atoms with Gasteiger partial charge in [-0.2, -0.15) is 32.5 Å². The summed E-state index contributed by atoms with van der Waals surface area (Å²) in [5, 5.41) is 8.86. The number of halogens is 6. The number of nitrogens with one attached hydrogen (secondary N) is 2. The van der Waals surface area contributed by atoms with Gasteiger partial charge in [-0.1, -0.05) is 11.8 Å². The fraction of sp³-hybridized carbons (Fsp3) is 0.632. The van der Waals surface area contributed by atoms with Crippen LogP contribution in [0.3, 0.4) is 0 Å². The van der Waals surface area contributed by atoms with Crippen LogP contribution in [0.4, 0.5) is 38.2 Å². The first-order valence-electron chi connectivity index (χ1n) is 40.3. The third-order valence-electron chi connectivity index (χ3n) is 25.0. The van der Waals surface area contributed by atoms with Crippen LogP contribution in [-0.4, -0.2) is 218 Å². The molecule has 3 aliphatic heterocycles. The predicted molar refractivity (Wildman–Crippen MR) is 447 cm³/mol. The Hall–Kier alpha value is -7.37. The van der Waals surface area contributed by atoms with E-state index in [-0.39, 0.29) is 58.1 Å². The molecule has 3 saturated heterocycles. The second-order valence-corrected chi connectivity index (χ2v) is 45.4. The summed E-state index contributed by atoms with van der Waals surface area (Å²) < 4.78 is 196. The van der Waals surface area contributed by atoms with Crippen LogP contribution in [0.15, 0.2) is 96.7 Å². The molecule has 4 N–H and O–H groups in total. The Bertz CT molecular complexity index is 5940. The number of sulfonamides is 3. The molecule has 32 nitrogen and oxygen atoms in total. The van der Waals surface area contributed by atoms with Crippen LogP contribution in [0, 0.1) is 47.3 Å². The zero-order valence-corrected chi connectivity index (χ0v) is 72.8. The van der Waals surface area contributed by atoms with Crippen LogP contribution in [-0.2, 0) is 61.5 Å². The summed E-state index contributed by atoms with van der Waals surface area (Å²) in [6.07, 6.45) is 27.8. The first kappa shape index (κ1) is 89.9. The van der Waals surface area contributed by atoms with Gasteiger partial charge in [0.2, 0.25) is 57.0 Å². The highest BCUT2D eigenvalue weighted by molar-refractivity contribution is 8.02. The van der Waals surface area contributed by atoms with Crippen LogP contribution in [0.5, 0.6) is 0 Å². The zero-order chi connectivity index (χ0) is 86.6. The fourth-order valence-electron chi connectivity index (χ4n) is 18.2. The standard InChI is InChI=1S/C20H25F2N5O3S.C19H25N5O3S.C14H15N3O3S.C14H15N3OS.C6H14N2O2S.C3H4F4O2S2/c1-31(29,30)26-4-2-14(3-5-26)24-20-23-10-13-9-16(17(21)22)19(28)27(18(13)25-20)15-7-11-6-12(11)8-15;1-28(26,27)23-6-4-15(5-7-23)21-19-20-11-12-2-3-17(25)24(18(12)22-19)16-9-13-8-14(13)10-16;1-21(19,20)14-15-7-8-2-3-12(18)17(13(8)16-14)11-5-9-4-10(9)6-11;1-19-14-15-7-8-2-3-12(18)17(13(8)16-14)11-5-9-4-10(9)6-11;1-11(9,10)8-4-2-6(7)3-5-8;4-2(5)10(8)1-11(9)3(6)7/h9-12,14-15,17H,2-8H2,1H3,(H,23,24,25);2-3,11,13-16H,4-10H2,1H3,(H,20,21,22);2-3,7,9-11H,4-6H2,1H3;2-3,7,9-11H,4-6H2,1H3;6H,2-5,7H2,1H3;2-3H,1H2/t11-,12+,15?;13-,14+,16?;2*9-,10+,11?;;. The van der Waals surface area contributed by atoms with Crippen molar-refractivity contribution in [3.8, 4) is 0 Å². The summed E-state index contributed by atoms with van der Waals surface area (Å²) in [5.41, 5.74) is 6.72. The molecular formula is C76H98F6N18O14S7. The predicted octanol–water partition coefficient (Wildman–Crippen LogP) is 8.04. The first-order valence-corrected chi connectivity index (χ1v) is 51.7. The van der Waals surface area contributed by atoms with E-state index in [1.807, 2.05) is 27.7 Å². The minimum Gasteiger partial charge on any atom is -0.351 e. The molecule has 8 aromatic rings. The maximum Gasteiger partial charge on any atom is 0.312 e. The van der Waals surface area contributed by atoms with Crippen molar-refractivity contribution in [3.05, 3.63) is 114 Å². The van der Waals surface area contributed by atoms with Crippen LogP contribution < -0.4 is 38.6 Å². The van der Waals surface area contributed by atoms with E-state index in [9.17, 15) is 87.6 Å². The average molecular weight is 1830 g/mol. The molecule has 14 atom stereocenters. The topological polar surface area (TPSA) is 422 Å². The summed E-state index contributed by atoms with van der Waals surface area (Å²) in [5.74, 6) is 0.320. The monoisotopic (exact) mass is 1820 g/mol. The minimum absolute atomic E-state index is 0.00455. The van der Waals surface area contributed by atoms with Gasteiger partial charge in [-0.3, -0.25) is 45.9 Å². The molecule has 0 spiro atoms. The minimum atomic E-state index is -3.49. The van der Waals surface area contributed by atoms with Gasteiger partial charge in [-0.25, -0.2) is 80.3 Å². The van der Waals surface area contributed by atoms with Crippen molar-refractivity contribution in [2.24, 2.45) is 53.1 Å². The van der Waals surface area contributed by atoms with Crippen molar-refractivity contribution < 1.29 is 68.4 Å². The van der Waals surface area contributed by atoms with E-state index in [1.165, 1.54) is 91.8 Å². The van der Waals surface area contributed by atoms with Crippen LogP contribution in [0.1, 0.15) is 152 Å². The van der Waals surface area contributed by atoms with E-state index in [4.69, 9.17) is 10.7 Å². The van der Waals surface area contributed by atoms with Crippen LogP contribution >= 0.6 is 11.8 Å². The molecule has 8 aromatic heterocycles. The van der Waals surface area contributed by atoms with Gasteiger partial charge in [0, 0.05) is 152 Å². The summed E-state index contributed by atoms with van der Waals surface area (Å²) in [6.45, 7) is 2.99. The maximum atomic E-state index is 13.5. The SMILES string of the molecule is CS(=O)(=O)N1CCC(N)CC1.CS(=O)(=O)N1CCC(Nc2ncc3cc(C(F)F)c(=O)n(C4C[C@@H]5C[C@@H]5C4)c3n2)CC1.CS(=O)(=O)N1CCC(Nc2ncc3ccc(=O)n(C4C[C@@H]5C[C@@H]5C4)c3n2)CC1.CS(=O)(=O)c1ncc2ccc(=O)n(C3C[C@@H]4C[C@@H]4C3)c2n1.CSc1ncc2ccc(=O)n(C3C[C@@H]4C[C@@H]4C3)c2n1.O=S(CS(=O)C(F)F)C(F)F. The molecular weight excluding hydrogens is 1730 g/mol. The van der Waals surface area contributed by atoms with Gasteiger partial charge in [-0.05, 0) is 193 Å². The Balaban J connectivity index is 0.000000123. The highest BCUT2D eigenvalue weighted by atomic mass is 32.2. The average Bonchev–Trinajstić information content (AvgIpc) is 1.60. The van der Waals surface area contributed by atoms with E-state index < -0.39 is 95.7 Å². The molecule has 11 fully saturated rings. The van der Waals surface area contributed by atoms with Crippen molar-refractivity contribution in [3.63, 3.8) is 0 Å². The molecule has 0 radical (unpaired) electrons. The molecule has 11 heterocycles. The Morgan fingerprint density at radius 3 is 1.11 bits per heavy atom. The summed E-state index contributed by atoms with van der Waals surface area (Å²) in [7, 11) is -18.3. The number of hydrogen-bond acceptors (Lipinski definition) is 26. The molecule has 19 rings (SSSR count). The Labute approximate surface area is 703 Å². The van der Waals surface area contributed by atoms with Crippen molar-refractivity contribution in [2.75, 3.05) is 86.3 Å². The van der Waals surface area contributed by atoms with Crippen LogP contribution in [0.2, 0.25) is 0 Å². The van der Waals surface area contributed by atoms with Gasteiger partial charge in [-0.15, -0.1) is 0 Å². The number of aromatic nitrogens is 12. The lowest BCUT2D eigenvalue weighted by Crippen LogP contribution is -2.42. The largest absolute Gasteiger partial charge is 0.351 e. The molecule has 11 aliphatic rings. The third-order valence-corrected chi connectivity index (χ3v) is 32.9. The van der Waals surface area contributed by atoms with Crippen molar-refractivity contribution >= 4 is 129 Å². The van der Waals surface area contributed by atoms with Crippen LogP contribution in [0.25, 0.3) is 44.1 Å². The number of hydrogen-bond donors (Lipinski definition) is 3. The number of alkyl halides is 6. The molecule has 6 unspecified atom stereocenters. The number of nitrogens with two attached hydrogens (primary N) is 1. The normalized spacial score (nSPS) is 26.5. The Morgan fingerprint density at radius 1 is 0.438 bits per heavy atom. The third kappa shape index (κ3) is 21.8. The Morgan fingerprint density at radius 2 is 0.760 bits per heavy atom. The molecule has 8 aliphatic carbocycles. The van der Waals surface area contributed by atoms with Gasteiger partial charge in [0.1, 0.15) is 49.3 Å². The molecule has 0 bridgehead atoms. The van der Waals surface area contributed by atoms with E-state index in [2.05, 4.69) is 45.5 Å². The number of piperidine rings is 3. The number of rotatable bonds is 18. The number of anilines is 2. The van der Waals surface area contributed by atoms with Gasteiger partial charge < -0.3 is 16.4 Å². The Kier molecular flexibility index (Phi) is 27.2. The number of thioether (sulfide) groups is 1. The van der Waals surface area contributed by atoms with Crippen molar-refractivity contribution in [1.82, 2.24) is 71.1 Å². The molecule has 45 heteroatoms. The second-order valence-electron chi connectivity index (χ2n) is 33.6. The highest BCUT2D eigenvalue weighted by Gasteiger charge is 2.50. The van der Waals surface area contributed by atoms with E-state index in [0.717, 1.165) is 134 Å². The van der Waals surface area contributed by atoms with Gasteiger partial charge >= 0.3 is 11.5 Å². The molecule has 0 amide bonds. The fourth-order valence-corrected chi connectivity index (χ4v) is 23.4. The van der Waals surface area contributed by atoms with E-state index >= 15 is 0 Å². The summed E-state index contributed by atoms with van der Waals surface area (Å²) >= 11 is 1.51. The quantitative estimate of drug-likeness (QED) is 0.0415. The van der Waals surface area contributed by atoms with E-state index in [0.29, 0.717) is 122 Å². The lowest BCUT2D eigenvalue weighted by atomic mass is 10.1. The number of pyridine rings is 4. The molecule has 8 saturated carbocycles.